The van der Waals surface area contributed by atoms with Crippen LogP contribution in [0.3, 0.4) is 0 Å². The summed E-state index contributed by atoms with van der Waals surface area (Å²) in [4.78, 5) is 64.6. The van der Waals surface area contributed by atoms with Gasteiger partial charge < -0.3 is 29.5 Å². The van der Waals surface area contributed by atoms with Crippen LogP contribution in [0.15, 0.2) is 47.3 Å². The molecular weight excluding hydrogens is 571 g/mol. The molecule has 1 saturated heterocycles. The van der Waals surface area contributed by atoms with Crippen molar-refractivity contribution < 1.29 is 53.1 Å². The third-order valence-electron chi connectivity index (χ3n) is 7.24. The monoisotopic (exact) mass is 600 g/mol. The number of carbonyl (C=O) groups excluding carboxylic acids is 1. The zero-order valence-corrected chi connectivity index (χ0v) is 23.1. The summed E-state index contributed by atoms with van der Waals surface area (Å²) < 4.78 is 32.3. The molecule has 4 rings (SSSR count). The van der Waals surface area contributed by atoms with E-state index in [2.05, 4.69) is 4.98 Å². The molecule has 2 heterocycles. The van der Waals surface area contributed by atoms with E-state index in [0.29, 0.717) is 11.3 Å². The van der Waals surface area contributed by atoms with Crippen molar-refractivity contribution >= 4 is 34.8 Å². The predicted molar refractivity (Wildman–Crippen MR) is 145 cm³/mol. The number of ether oxygens (including phenoxy) is 3. The smallest absolute Gasteiger partial charge is 0.303 e. The molecule has 0 amide bonds. The van der Waals surface area contributed by atoms with Gasteiger partial charge in [0.15, 0.2) is 0 Å². The summed E-state index contributed by atoms with van der Waals surface area (Å²) in [7, 11) is 0. The molecule has 14 heteroatoms. The minimum absolute atomic E-state index is 0.0448. The minimum atomic E-state index is -1.40. The summed E-state index contributed by atoms with van der Waals surface area (Å²) >= 11 is 0. The molecule has 1 aliphatic heterocycles. The molecular formula is C29H29FN2O11. The van der Waals surface area contributed by atoms with E-state index in [-0.39, 0.29) is 16.8 Å². The molecule has 0 saturated carbocycles. The van der Waals surface area contributed by atoms with Crippen molar-refractivity contribution in [1.29, 1.82) is 0 Å². The van der Waals surface area contributed by atoms with E-state index in [4.69, 9.17) is 14.2 Å². The first-order valence-corrected chi connectivity index (χ1v) is 13.2. The van der Waals surface area contributed by atoms with Crippen molar-refractivity contribution in [3.63, 3.8) is 0 Å². The molecule has 0 unspecified atom stereocenters. The van der Waals surface area contributed by atoms with Crippen LogP contribution in [0.25, 0.3) is 16.6 Å². The molecule has 1 aromatic heterocycles. The van der Waals surface area contributed by atoms with E-state index in [0.717, 1.165) is 13.0 Å². The lowest BCUT2D eigenvalue weighted by Crippen LogP contribution is -2.53. The maximum atomic E-state index is 13.9. The highest BCUT2D eigenvalue weighted by molar-refractivity contribution is 5.78. The number of aryl methyl sites for hydroxylation is 1. The van der Waals surface area contributed by atoms with Crippen LogP contribution in [0, 0.1) is 30.5 Å². The average Bonchev–Trinajstić information content (AvgIpc) is 2.91. The first kappa shape index (κ1) is 31.1. The lowest BCUT2D eigenvalue weighted by molar-refractivity contribution is -0.237. The highest BCUT2D eigenvalue weighted by Crippen LogP contribution is 2.42. The second kappa shape index (κ2) is 13.0. The second-order valence-electron chi connectivity index (χ2n) is 10.2. The molecule has 3 N–H and O–H groups in total. The van der Waals surface area contributed by atoms with Gasteiger partial charge in [0, 0.05) is 31.2 Å². The summed E-state index contributed by atoms with van der Waals surface area (Å²) in [6.45, 7) is 2.30. The SMILES string of the molecule is CC(=O)OC[C@H]1O[C@@H](Oc2cccc(-n3c(C)nc4ccc(F)cc4c3=O)c2)[C@@H](CC(=O)O)[C@H](CC(=O)O)[C@@H]1CC(=O)O. The van der Waals surface area contributed by atoms with Crippen LogP contribution in [0.5, 0.6) is 5.75 Å². The maximum absolute atomic E-state index is 13.9. The topological polar surface area (TPSA) is 192 Å². The summed E-state index contributed by atoms with van der Waals surface area (Å²) in [5, 5.41) is 28.9. The highest BCUT2D eigenvalue weighted by atomic mass is 19.1. The van der Waals surface area contributed by atoms with E-state index in [1.807, 2.05) is 0 Å². The fraction of sp³-hybridized carbons (Fsp3) is 0.379. The second-order valence-corrected chi connectivity index (χ2v) is 10.2. The molecule has 0 spiro atoms. The van der Waals surface area contributed by atoms with Crippen LogP contribution in [-0.4, -0.2) is 67.7 Å². The van der Waals surface area contributed by atoms with Crippen LogP contribution in [0.1, 0.15) is 32.0 Å². The lowest BCUT2D eigenvalue weighted by Gasteiger charge is -2.45. The zero-order chi connectivity index (χ0) is 31.4. The van der Waals surface area contributed by atoms with E-state index in [9.17, 15) is 43.7 Å². The molecule has 5 atom stereocenters. The molecule has 0 radical (unpaired) electrons. The summed E-state index contributed by atoms with van der Waals surface area (Å²) in [6.07, 6.45) is -4.31. The average molecular weight is 601 g/mol. The fourth-order valence-corrected chi connectivity index (χ4v) is 5.49. The number of hydrogen-bond acceptors (Lipinski definition) is 9. The first-order valence-electron chi connectivity index (χ1n) is 13.2. The molecule has 1 fully saturated rings. The molecule has 1 aliphatic rings. The normalized spacial score (nSPS) is 21.7. The van der Waals surface area contributed by atoms with Crippen LogP contribution >= 0.6 is 0 Å². The number of carbonyl (C=O) groups is 4. The Hall–Kier alpha value is -4.85. The largest absolute Gasteiger partial charge is 0.481 e. The third-order valence-corrected chi connectivity index (χ3v) is 7.24. The van der Waals surface area contributed by atoms with Crippen molar-refractivity contribution in [2.75, 3.05) is 6.61 Å². The van der Waals surface area contributed by atoms with Crippen molar-refractivity contribution in [3.8, 4) is 11.4 Å². The lowest BCUT2D eigenvalue weighted by atomic mass is 9.71. The standard InChI is InChI=1S/C29H29FN2O11/c1-14-31-23-7-6-16(30)8-22(23)28(40)32(14)17-4-3-5-18(9-17)42-29-21(12-27(38)39)19(10-25(34)35)20(11-26(36)37)24(43-29)13-41-15(2)33/h3-9,19-21,24,29H,10-13H2,1-2H3,(H,34,35)(H,36,37)(H,38,39)/t19-,20+,21+,24-,29-/m1/s1. The third kappa shape index (κ3) is 7.33. The van der Waals surface area contributed by atoms with Gasteiger partial charge in [-0.3, -0.25) is 28.5 Å². The van der Waals surface area contributed by atoms with Crippen molar-refractivity contribution in [2.24, 2.45) is 17.8 Å². The molecule has 0 bridgehead atoms. The Labute approximate surface area is 243 Å². The van der Waals surface area contributed by atoms with Crippen LogP contribution in [-0.2, 0) is 28.7 Å². The number of carboxylic acid groups (broad SMARTS) is 3. The Kier molecular flexibility index (Phi) is 9.39. The Bertz CT molecular complexity index is 1620. The Morgan fingerprint density at radius 3 is 2.26 bits per heavy atom. The van der Waals surface area contributed by atoms with Crippen LogP contribution < -0.4 is 10.3 Å². The molecule has 2 aromatic carbocycles. The Morgan fingerprint density at radius 1 is 0.953 bits per heavy atom. The van der Waals surface area contributed by atoms with Gasteiger partial charge in [-0.05, 0) is 43.2 Å². The van der Waals surface area contributed by atoms with Crippen LogP contribution in [0.2, 0.25) is 0 Å². The highest BCUT2D eigenvalue weighted by Gasteiger charge is 2.49. The quantitative estimate of drug-likeness (QED) is 0.273. The maximum Gasteiger partial charge on any atom is 0.303 e. The fourth-order valence-electron chi connectivity index (χ4n) is 5.49. The summed E-state index contributed by atoms with van der Waals surface area (Å²) in [5.74, 6) is -7.96. The number of carboxylic acids is 3. The van der Waals surface area contributed by atoms with E-state index in [1.165, 1.54) is 28.8 Å². The number of esters is 1. The first-order chi connectivity index (χ1) is 20.3. The van der Waals surface area contributed by atoms with Gasteiger partial charge in [-0.15, -0.1) is 0 Å². The Balaban J connectivity index is 1.75. The van der Waals surface area contributed by atoms with Crippen LogP contribution in [0.4, 0.5) is 4.39 Å². The minimum Gasteiger partial charge on any atom is -0.481 e. The summed E-state index contributed by atoms with van der Waals surface area (Å²) in [5.41, 5.74) is 0.0433. The van der Waals surface area contributed by atoms with Crippen molar-refractivity contribution in [1.82, 2.24) is 9.55 Å². The van der Waals surface area contributed by atoms with Gasteiger partial charge in [0.2, 0.25) is 6.29 Å². The number of aliphatic carboxylic acids is 3. The summed E-state index contributed by atoms with van der Waals surface area (Å²) in [6, 6.07) is 9.72. The van der Waals surface area contributed by atoms with Crippen molar-refractivity contribution in [2.45, 2.75) is 45.5 Å². The number of hydrogen-bond donors (Lipinski definition) is 3. The molecule has 43 heavy (non-hydrogen) atoms. The van der Waals surface area contributed by atoms with Gasteiger partial charge in [0.25, 0.3) is 5.56 Å². The number of halogens is 1. The van der Waals surface area contributed by atoms with E-state index >= 15 is 0 Å². The molecule has 0 aliphatic carbocycles. The Morgan fingerprint density at radius 2 is 1.60 bits per heavy atom. The van der Waals surface area contributed by atoms with E-state index in [1.54, 1.807) is 19.1 Å². The van der Waals surface area contributed by atoms with Gasteiger partial charge in [0.1, 0.15) is 24.0 Å². The van der Waals surface area contributed by atoms with Gasteiger partial charge in [-0.1, -0.05) is 6.07 Å². The van der Waals surface area contributed by atoms with Crippen molar-refractivity contribution in [3.05, 3.63) is 64.5 Å². The van der Waals surface area contributed by atoms with Gasteiger partial charge in [-0.2, -0.15) is 0 Å². The van der Waals surface area contributed by atoms with Gasteiger partial charge >= 0.3 is 23.9 Å². The molecule has 228 valence electrons. The number of rotatable bonds is 11. The predicted octanol–water partition coefficient (Wildman–Crippen LogP) is 2.77. The number of benzene rings is 2. The molecule has 13 nitrogen and oxygen atoms in total. The number of aromatic nitrogens is 2. The number of fused-ring (bicyclic) bond motifs is 1. The molecule has 3 aromatic rings. The van der Waals surface area contributed by atoms with Gasteiger partial charge in [0.05, 0.1) is 35.5 Å². The van der Waals surface area contributed by atoms with Gasteiger partial charge in [-0.25, -0.2) is 9.37 Å². The number of nitrogens with zero attached hydrogens (tertiary/aromatic N) is 2. The zero-order valence-electron chi connectivity index (χ0n) is 23.1. The van der Waals surface area contributed by atoms with E-state index < -0.39 is 91.3 Å².